The summed E-state index contributed by atoms with van der Waals surface area (Å²) in [6.45, 7) is 5.30. The molecule has 0 radical (unpaired) electrons. The predicted octanol–water partition coefficient (Wildman–Crippen LogP) is 1.29. The third-order valence-electron chi connectivity index (χ3n) is 4.48. The van der Waals surface area contributed by atoms with E-state index in [4.69, 9.17) is 4.74 Å². The Labute approximate surface area is 144 Å². The van der Waals surface area contributed by atoms with Crippen LogP contribution in [0, 0.1) is 6.92 Å². The van der Waals surface area contributed by atoms with Gasteiger partial charge in [-0.05, 0) is 19.1 Å². The van der Waals surface area contributed by atoms with Crippen molar-refractivity contribution >= 4 is 22.5 Å². The zero-order chi connectivity index (χ0) is 17.4. The summed E-state index contributed by atoms with van der Waals surface area (Å²) in [4.78, 5) is 30.5. The number of aryl methyl sites for hydroxylation is 1. The van der Waals surface area contributed by atoms with E-state index in [1.807, 2.05) is 31.2 Å². The highest BCUT2D eigenvalue weighted by molar-refractivity contribution is 5.88. The van der Waals surface area contributed by atoms with Gasteiger partial charge in [0.2, 0.25) is 0 Å². The quantitative estimate of drug-likeness (QED) is 0.747. The monoisotopic (exact) mass is 340 g/mol. The summed E-state index contributed by atoms with van der Waals surface area (Å²) in [5.74, 6) is 0.886. The fourth-order valence-electron chi connectivity index (χ4n) is 3.26. The van der Waals surface area contributed by atoms with E-state index in [9.17, 15) is 4.79 Å². The number of hydrogen-bond acceptors (Lipinski definition) is 6. The Morgan fingerprint density at radius 1 is 1.08 bits per heavy atom. The first kappa shape index (κ1) is 15.5. The summed E-state index contributed by atoms with van der Waals surface area (Å²) in [6, 6.07) is 8.28. The maximum absolute atomic E-state index is 11.6. The molecule has 4 rings (SSSR count). The van der Waals surface area contributed by atoms with Gasteiger partial charge in [-0.2, -0.15) is 4.98 Å². The number of nitrogens with zero attached hydrogens (tertiary/aromatic N) is 4. The first-order chi connectivity index (χ1) is 12.1. The van der Waals surface area contributed by atoms with Gasteiger partial charge in [0.15, 0.2) is 0 Å². The molecule has 2 N–H and O–H groups in total. The number of aromatic amines is 2. The number of para-hydroxylation sites is 1. The zero-order valence-corrected chi connectivity index (χ0v) is 14.2. The molecule has 0 aliphatic carbocycles. The third kappa shape index (κ3) is 2.90. The van der Waals surface area contributed by atoms with Crippen LogP contribution in [0.15, 0.2) is 29.1 Å². The molecule has 1 aromatic carbocycles. The predicted molar refractivity (Wildman–Crippen MR) is 96.7 cm³/mol. The second kappa shape index (κ2) is 6.12. The molecule has 0 spiro atoms. The lowest BCUT2D eigenvalue weighted by molar-refractivity contribution is 0.378. The molecule has 8 heteroatoms. The molecule has 1 saturated heterocycles. The minimum absolute atomic E-state index is 0.176. The SMILES string of the molecule is COc1nc(C)cc(N2CCN(c3cccc4[nH]c(=O)[nH]c34)CC2)n1. The van der Waals surface area contributed by atoms with Crippen LogP contribution in [0.25, 0.3) is 11.0 Å². The molecule has 25 heavy (non-hydrogen) atoms. The zero-order valence-electron chi connectivity index (χ0n) is 14.2. The standard InChI is InChI=1S/C17H20N6O2/c1-11-10-14(20-17(18-11)25-2)23-8-6-22(7-9-23)13-5-3-4-12-15(13)21-16(24)19-12/h3-5,10H,6-9H2,1-2H3,(H2,19,21,24). The molecule has 0 saturated carbocycles. The van der Waals surface area contributed by atoms with Gasteiger partial charge in [-0.25, -0.2) is 9.78 Å². The van der Waals surface area contributed by atoms with Crippen molar-refractivity contribution in [2.75, 3.05) is 43.1 Å². The summed E-state index contributed by atoms with van der Waals surface area (Å²) in [7, 11) is 1.58. The van der Waals surface area contributed by atoms with Crippen LogP contribution < -0.4 is 20.2 Å². The average molecular weight is 340 g/mol. The summed E-state index contributed by atoms with van der Waals surface area (Å²) < 4.78 is 5.17. The number of imidazole rings is 1. The van der Waals surface area contributed by atoms with Crippen LogP contribution in [0.2, 0.25) is 0 Å². The van der Waals surface area contributed by atoms with E-state index in [1.165, 1.54) is 0 Å². The minimum Gasteiger partial charge on any atom is -0.467 e. The Hall–Kier alpha value is -3.03. The van der Waals surface area contributed by atoms with Crippen LogP contribution in [-0.4, -0.2) is 53.2 Å². The van der Waals surface area contributed by atoms with Crippen molar-refractivity contribution in [2.45, 2.75) is 6.92 Å². The number of fused-ring (bicyclic) bond motifs is 1. The van der Waals surface area contributed by atoms with Crippen molar-refractivity contribution in [3.8, 4) is 6.01 Å². The number of aromatic nitrogens is 4. The van der Waals surface area contributed by atoms with Crippen LogP contribution in [0.1, 0.15) is 5.69 Å². The number of anilines is 2. The Morgan fingerprint density at radius 3 is 2.60 bits per heavy atom. The molecule has 0 unspecified atom stereocenters. The number of benzene rings is 1. The van der Waals surface area contributed by atoms with E-state index < -0.39 is 0 Å². The normalized spacial score (nSPS) is 15.0. The van der Waals surface area contributed by atoms with Gasteiger partial charge in [0.1, 0.15) is 5.82 Å². The van der Waals surface area contributed by atoms with Gasteiger partial charge in [0, 0.05) is 37.9 Å². The molecular weight excluding hydrogens is 320 g/mol. The highest BCUT2D eigenvalue weighted by atomic mass is 16.5. The molecule has 1 fully saturated rings. The Balaban J connectivity index is 1.55. The van der Waals surface area contributed by atoms with Crippen molar-refractivity contribution in [2.24, 2.45) is 0 Å². The van der Waals surface area contributed by atoms with Gasteiger partial charge in [-0.3, -0.25) is 0 Å². The van der Waals surface area contributed by atoms with E-state index in [-0.39, 0.29) is 5.69 Å². The number of piperazine rings is 1. The van der Waals surface area contributed by atoms with Crippen LogP contribution in [-0.2, 0) is 0 Å². The molecular formula is C17H20N6O2. The fraction of sp³-hybridized carbons (Fsp3) is 0.353. The Morgan fingerprint density at radius 2 is 1.84 bits per heavy atom. The fourth-order valence-corrected chi connectivity index (χ4v) is 3.26. The van der Waals surface area contributed by atoms with E-state index in [0.29, 0.717) is 6.01 Å². The summed E-state index contributed by atoms with van der Waals surface area (Å²) in [5.41, 5.74) is 3.46. The smallest absolute Gasteiger partial charge is 0.323 e. The lowest BCUT2D eigenvalue weighted by Gasteiger charge is -2.36. The molecule has 3 heterocycles. The number of nitrogens with one attached hydrogen (secondary N) is 2. The molecule has 2 aromatic heterocycles. The molecule has 1 aliphatic rings. The van der Waals surface area contributed by atoms with Gasteiger partial charge >= 0.3 is 11.7 Å². The van der Waals surface area contributed by atoms with Gasteiger partial charge in [0.25, 0.3) is 0 Å². The lowest BCUT2D eigenvalue weighted by Crippen LogP contribution is -2.47. The topological polar surface area (TPSA) is 90.1 Å². The molecule has 8 nitrogen and oxygen atoms in total. The van der Waals surface area contributed by atoms with Gasteiger partial charge in [-0.1, -0.05) is 6.07 Å². The lowest BCUT2D eigenvalue weighted by atomic mass is 10.2. The molecule has 3 aromatic rings. The van der Waals surface area contributed by atoms with Crippen LogP contribution in [0.5, 0.6) is 6.01 Å². The highest BCUT2D eigenvalue weighted by Gasteiger charge is 2.21. The van der Waals surface area contributed by atoms with Crippen molar-refractivity contribution < 1.29 is 4.74 Å². The summed E-state index contributed by atoms with van der Waals surface area (Å²) in [6.07, 6.45) is 0. The van der Waals surface area contributed by atoms with E-state index in [0.717, 1.165) is 54.4 Å². The first-order valence-corrected chi connectivity index (χ1v) is 8.24. The molecule has 130 valence electrons. The third-order valence-corrected chi connectivity index (χ3v) is 4.48. The van der Waals surface area contributed by atoms with Crippen LogP contribution >= 0.6 is 0 Å². The van der Waals surface area contributed by atoms with E-state index >= 15 is 0 Å². The van der Waals surface area contributed by atoms with Crippen molar-refractivity contribution in [3.63, 3.8) is 0 Å². The van der Waals surface area contributed by atoms with E-state index in [2.05, 4.69) is 29.7 Å². The average Bonchev–Trinajstić information content (AvgIpc) is 3.01. The van der Waals surface area contributed by atoms with Crippen LogP contribution in [0.4, 0.5) is 11.5 Å². The van der Waals surface area contributed by atoms with Gasteiger partial charge < -0.3 is 24.5 Å². The Bertz CT molecular complexity index is 955. The maximum Gasteiger partial charge on any atom is 0.323 e. The highest BCUT2D eigenvalue weighted by Crippen LogP contribution is 2.25. The number of H-pyrrole nitrogens is 2. The number of hydrogen-bond donors (Lipinski definition) is 2. The van der Waals surface area contributed by atoms with Gasteiger partial charge in [-0.15, -0.1) is 0 Å². The second-order valence-corrected chi connectivity index (χ2v) is 6.11. The summed E-state index contributed by atoms with van der Waals surface area (Å²) >= 11 is 0. The molecule has 0 bridgehead atoms. The molecule has 1 aliphatic heterocycles. The van der Waals surface area contributed by atoms with Crippen molar-refractivity contribution in [1.82, 2.24) is 19.9 Å². The summed E-state index contributed by atoms with van der Waals surface area (Å²) in [5, 5.41) is 0. The van der Waals surface area contributed by atoms with Gasteiger partial charge in [0.05, 0.1) is 23.8 Å². The van der Waals surface area contributed by atoms with E-state index in [1.54, 1.807) is 7.11 Å². The minimum atomic E-state index is -0.176. The molecule has 0 atom stereocenters. The number of ether oxygens (including phenoxy) is 1. The van der Waals surface area contributed by atoms with Crippen LogP contribution in [0.3, 0.4) is 0 Å². The maximum atomic E-state index is 11.6. The first-order valence-electron chi connectivity index (χ1n) is 8.24. The molecule has 0 amide bonds. The number of methoxy groups -OCH3 is 1. The largest absolute Gasteiger partial charge is 0.467 e. The second-order valence-electron chi connectivity index (χ2n) is 6.11. The van der Waals surface area contributed by atoms with Crippen molar-refractivity contribution in [3.05, 3.63) is 40.4 Å². The Kier molecular flexibility index (Phi) is 3.79. The van der Waals surface area contributed by atoms with Crippen molar-refractivity contribution in [1.29, 1.82) is 0 Å². The number of rotatable bonds is 3.